The standard InChI is InChI=1S/C49H40N2/c1-33-17-11-15-25-45(33)50(35-19-7-5-8-20-35)37-27-29-41-43(31-37)39-23-13-14-24-40(39)47-42-30-28-38(32-44(42)49(3,4)48(41)47)51(36-21-9-6-10-22-36)46-26-16-12-18-34(46)2/h5-32H,1-4H3. The second-order valence-electron chi connectivity index (χ2n) is 14.3. The van der Waals surface area contributed by atoms with Gasteiger partial charge in [-0.15, -0.1) is 0 Å². The lowest BCUT2D eigenvalue weighted by Gasteiger charge is -2.30. The summed E-state index contributed by atoms with van der Waals surface area (Å²) in [5.41, 5.74) is 14.7. The first-order valence-electron chi connectivity index (χ1n) is 17.9. The summed E-state index contributed by atoms with van der Waals surface area (Å²) in [5, 5.41) is 5.18. The van der Waals surface area contributed by atoms with E-state index < -0.39 is 0 Å². The molecule has 8 aromatic rings. The molecule has 8 aromatic carbocycles. The van der Waals surface area contributed by atoms with Crippen molar-refractivity contribution >= 4 is 55.7 Å². The van der Waals surface area contributed by atoms with E-state index in [-0.39, 0.29) is 5.41 Å². The highest BCUT2D eigenvalue weighted by Crippen LogP contribution is 2.56. The second kappa shape index (κ2) is 12.0. The molecule has 0 fully saturated rings. The first-order chi connectivity index (χ1) is 24.9. The van der Waals surface area contributed by atoms with Crippen LogP contribution in [0.4, 0.5) is 34.1 Å². The summed E-state index contributed by atoms with van der Waals surface area (Å²) in [6, 6.07) is 62.0. The van der Waals surface area contributed by atoms with E-state index in [1.165, 1.54) is 72.0 Å². The Labute approximate surface area is 300 Å². The van der Waals surface area contributed by atoms with Crippen LogP contribution in [0.1, 0.15) is 36.1 Å². The summed E-state index contributed by atoms with van der Waals surface area (Å²) in [7, 11) is 0. The van der Waals surface area contributed by atoms with E-state index in [1.54, 1.807) is 0 Å². The molecule has 0 spiro atoms. The van der Waals surface area contributed by atoms with Gasteiger partial charge in [-0.3, -0.25) is 0 Å². The van der Waals surface area contributed by atoms with Crippen LogP contribution in [-0.4, -0.2) is 0 Å². The normalized spacial score (nSPS) is 12.9. The summed E-state index contributed by atoms with van der Waals surface area (Å²) < 4.78 is 0. The summed E-state index contributed by atoms with van der Waals surface area (Å²) >= 11 is 0. The largest absolute Gasteiger partial charge is 0.310 e. The average Bonchev–Trinajstić information content (AvgIpc) is 3.40. The van der Waals surface area contributed by atoms with Crippen LogP contribution in [0.5, 0.6) is 0 Å². The highest BCUT2D eigenvalue weighted by molar-refractivity contribution is 6.19. The lowest BCUT2D eigenvalue weighted by atomic mass is 9.79. The minimum Gasteiger partial charge on any atom is -0.310 e. The Bertz CT molecular complexity index is 2580. The molecular formula is C49H40N2. The van der Waals surface area contributed by atoms with Crippen LogP contribution >= 0.6 is 0 Å². The second-order valence-corrected chi connectivity index (χ2v) is 14.3. The molecule has 0 atom stereocenters. The molecule has 0 bridgehead atoms. The van der Waals surface area contributed by atoms with Gasteiger partial charge in [-0.05, 0) is 129 Å². The monoisotopic (exact) mass is 656 g/mol. The number of fused-ring (bicyclic) bond motifs is 8. The van der Waals surface area contributed by atoms with Crippen molar-refractivity contribution in [2.75, 3.05) is 9.80 Å². The number of anilines is 6. The Balaban J connectivity index is 1.27. The first kappa shape index (κ1) is 30.9. The van der Waals surface area contributed by atoms with Crippen molar-refractivity contribution in [3.63, 3.8) is 0 Å². The number of rotatable bonds is 6. The topological polar surface area (TPSA) is 6.48 Å². The van der Waals surface area contributed by atoms with Crippen molar-refractivity contribution in [2.24, 2.45) is 0 Å². The van der Waals surface area contributed by atoms with Gasteiger partial charge >= 0.3 is 0 Å². The Morgan fingerprint density at radius 2 is 0.882 bits per heavy atom. The molecular weight excluding hydrogens is 617 g/mol. The minimum atomic E-state index is -0.228. The number of benzene rings is 8. The Morgan fingerprint density at radius 3 is 1.47 bits per heavy atom. The Morgan fingerprint density at radius 1 is 0.392 bits per heavy atom. The molecule has 0 saturated heterocycles. The zero-order valence-corrected chi connectivity index (χ0v) is 29.6. The predicted octanol–water partition coefficient (Wildman–Crippen LogP) is 13.9. The van der Waals surface area contributed by atoms with Crippen molar-refractivity contribution < 1.29 is 0 Å². The van der Waals surface area contributed by atoms with Gasteiger partial charge < -0.3 is 9.80 Å². The molecule has 0 amide bonds. The molecule has 246 valence electrons. The molecule has 0 saturated carbocycles. The van der Waals surface area contributed by atoms with Gasteiger partial charge in [-0.2, -0.15) is 0 Å². The van der Waals surface area contributed by atoms with Crippen LogP contribution in [0.25, 0.3) is 32.7 Å². The smallest absolute Gasteiger partial charge is 0.0490 e. The summed E-state index contributed by atoms with van der Waals surface area (Å²) in [6.07, 6.45) is 0. The molecule has 2 heteroatoms. The lowest BCUT2D eigenvalue weighted by Crippen LogP contribution is -2.17. The van der Waals surface area contributed by atoms with Crippen LogP contribution in [0.3, 0.4) is 0 Å². The van der Waals surface area contributed by atoms with Gasteiger partial charge in [-0.25, -0.2) is 0 Å². The zero-order valence-electron chi connectivity index (χ0n) is 29.6. The fourth-order valence-corrected chi connectivity index (χ4v) is 8.42. The van der Waals surface area contributed by atoms with Crippen molar-refractivity contribution in [1.29, 1.82) is 0 Å². The van der Waals surface area contributed by atoms with Gasteiger partial charge in [0.2, 0.25) is 0 Å². The molecule has 0 aliphatic heterocycles. The molecule has 0 unspecified atom stereocenters. The lowest BCUT2D eigenvalue weighted by molar-refractivity contribution is 0.666. The molecule has 51 heavy (non-hydrogen) atoms. The summed E-state index contributed by atoms with van der Waals surface area (Å²) in [6.45, 7) is 9.21. The van der Waals surface area contributed by atoms with Crippen molar-refractivity contribution in [1.82, 2.24) is 0 Å². The Hall–Kier alpha value is -6.12. The fourth-order valence-electron chi connectivity index (χ4n) is 8.42. The Kier molecular flexibility index (Phi) is 7.29. The molecule has 0 radical (unpaired) electrons. The maximum Gasteiger partial charge on any atom is 0.0490 e. The maximum atomic E-state index is 2.44. The third kappa shape index (κ3) is 4.94. The van der Waals surface area contributed by atoms with Crippen molar-refractivity contribution in [3.05, 3.63) is 192 Å². The molecule has 9 rings (SSSR count). The van der Waals surface area contributed by atoms with E-state index >= 15 is 0 Å². The van der Waals surface area contributed by atoms with Gasteiger partial charge in [-0.1, -0.05) is 123 Å². The van der Waals surface area contributed by atoms with Crippen LogP contribution in [0, 0.1) is 13.8 Å². The number of hydrogen-bond donors (Lipinski definition) is 0. The SMILES string of the molecule is Cc1ccccc1N(c1ccccc1)c1ccc2c(c1)C(C)(C)c1c-2c2ccccc2c2cc(N(c3ccccc3)c3ccccc3C)ccc12. The summed E-state index contributed by atoms with van der Waals surface area (Å²) in [5.74, 6) is 0. The van der Waals surface area contributed by atoms with Gasteiger partial charge in [0.15, 0.2) is 0 Å². The molecule has 2 nitrogen and oxygen atoms in total. The highest BCUT2D eigenvalue weighted by Gasteiger charge is 2.39. The van der Waals surface area contributed by atoms with Crippen LogP contribution < -0.4 is 9.80 Å². The van der Waals surface area contributed by atoms with Crippen molar-refractivity contribution in [2.45, 2.75) is 33.1 Å². The summed E-state index contributed by atoms with van der Waals surface area (Å²) in [4.78, 5) is 4.80. The van der Waals surface area contributed by atoms with Crippen LogP contribution in [0.2, 0.25) is 0 Å². The first-order valence-corrected chi connectivity index (χ1v) is 17.9. The molecule has 0 N–H and O–H groups in total. The number of nitrogens with zero attached hydrogens (tertiary/aromatic N) is 2. The average molecular weight is 657 g/mol. The van der Waals surface area contributed by atoms with E-state index in [0.29, 0.717) is 0 Å². The van der Waals surface area contributed by atoms with Crippen molar-refractivity contribution in [3.8, 4) is 11.1 Å². The predicted molar refractivity (Wildman–Crippen MR) is 218 cm³/mol. The third-order valence-electron chi connectivity index (χ3n) is 10.8. The third-order valence-corrected chi connectivity index (χ3v) is 10.8. The number of aryl methyl sites for hydroxylation is 2. The van der Waals surface area contributed by atoms with Gasteiger partial charge in [0.1, 0.15) is 0 Å². The number of para-hydroxylation sites is 4. The van der Waals surface area contributed by atoms with Crippen LogP contribution in [-0.2, 0) is 5.41 Å². The maximum absolute atomic E-state index is 2.44. The van der Waals surface area contributed by atoms with Crippen LogP contribution in [0.15, 0.2) is 170 Å². The minimum absolute atomic E-state index is 0.228. The van der Waals surface area contributed by atoms with Gasteiger partial charge in [0.25, 0.3) is 0 Å². The fraction of sp³-hybridized carbons (Fsp3) is 0.102. The number of hydrogen-bond acceptors (Lipinski definition) is 2. The van der Waals surface area contributed by atoms with E-state index in [2.05, 4.69) is 207 Å². The van der Waals surface area contributed by atoms with Gasteiger partial charge in [0.05, 0.1) is 0 Å². The van der Waals surface area contributed by atoms with E-state index in [1.807, 2.05) is 0 Å². The molecule has 0 aromatic heterocycles. The molecule has 1 aliphatic carbocycles. The molecule has 1 aliphatic rings. The molecule has 0 heterocycles. The van der Waals surface area contributed by atoms with Gasteiger partial charge in [0, 0.05) is 39.5 Å². The quantitative estimate of drug-likeness (QED) is 0.164. The van der Waals surface area contributed by atoms with E-state index in [0.717, 1.165) is 17.1 Å². The highest BCUT2D eigenvalue weighted by atomic mass is 15.1. The van der Waals surface area contributed by atoms with E-state index in [9.17, 15) is 0 Å². The zero-order chi connectivity index (χ0) is 34.7. The van der Waals surface area contributed by atoms with E-state index in [4.69, 9.17) is 0 Å².